The molecular formula is C41H52N4O. The SMILES string of the molecule is Cc1c(C(C)(C)C)cc(-c2cc(-c3cccc(-c4cc(-c5cc(C(C)(C)C)c(O)c(C(C)(C)C)c5)n[nH]4)c3)[nH]n2)cc1C(C)(C)C. The van der Waals surface area contributed by atoms with E-state index in [2.05, 4.69) is 161 Å². The lowest BCUT2D eigenvalue weighted by Crippen LogP contribution is -2.19. The highest BCUT2D eigenvalue weighted by molar-refractivity contribution is 5.76. The second kappa shape index (κ2) is 11.3. The number of phenolic OH excluding ortho intramolecular Hbond substituents is 1. The Hall–Kier alpha value is -4.12. The van der Waals surface area contributed by atoms with Gasteiger partial charge in [0.1, 0.15) is 5.75 Å². The van der Waals surface area contributed by atoms with Crippen molar-refractivity contribution in [3.8, 4) is 50.8 Å². The number of H-pyrrole nitrogens is 2. The molecule has 2 heterocycles. The highest BCUT2D eigenvalue weighted by Gasteiger charge is 2.28. The maximum Gasteiger partial charge on any atom is 0.123 e. The highest BCUT2D eigenvalue weighted by atomic mass is 16.3. The van der Waals surface area contributed by atoms with Gasteiger partial charge < -0.3 is 5.11 Å². The maximum absolute atomic E-state index is 11.2. The third-order valence-corrected chi connectivity index (χ3v) is 8.98. The minimum atomic E-state index is -0.211. The van der Waals surface area contributed by atoms with Crippen molar-refractivity contribution >= 4 is 0 Å². The monoisotopic (exact) mass is 616 g/mol. The van der Waals surface area contributed by atoms with E-state index in [4.69, 9.17) is 10.2 Å². The zero-order valence-corrected chi connectivity index (χ0v) is 30.1. The number of nitrogens with one attached hydrogen (secondary N) is 2. The predicted molar refractivity (Wildman–Crippen MR) is 194 cm³/mol. The fourth-order valence-electron chi connectivity index (χ4n) is 6.44. The molecule has 5 aromatic rings. The van der Waals surface area contributed by atoms with E-state index in [-0.39, 0.29) is 21.7 Å². The highest BCUT2D eigenvalue weighted by Crippen LogP contribution is 2.42. The number of phenols is 1. The maximum atomic E-state index is 11.2. The molecule has 0 atom stereocenters. The molecule has 0 radical (unpaired) electrons. The van der Waals surface area contributed by atoms with E-state index in [1.165, 1.54) is 16.7 Å². The van der Waals surface area contributed by atoms with Crippen LogP contribution in [0.5, 0.6) is 5.75 Å². The van der Waals surface area contributed by atoms with Crippen LogP contribution in [0.15, 0.2) is 60.7 Å². The molecule has 0 spiro atoms. The minimum Gasteiger partial charge on any atom is -0.507 e. The van der Waals surface area contributed by atoms with Crippen molar-refractivity contribution in [2.24, 2.45) is 0 Å². The van der Waals surface area contributed by atoms with E-state index >= 15 is 0 Å². The molecule has 242 valence electrons. The third-order valence-electron chi connectivity index (χ3n) is 8.98. The normalized spacial score (nSPS) is 13.0. The third kappa shape index (κ3) is 6.56. The van der Waals surface area contributed by atoms with Crippen molar-refractivity contribution in [2.45, 2.75) is 112 Å². The van der Waals surface area contributed by atoms with Crippen molar-refractivity contribution in [3.05, 3.63) is 88.5 Å². The number of hydrogen-bond acceptors (Lipinski definition) is 3. The average Bonchev–Trinajstić information content (AvgIpc) is 3.62. The molecule has 46 heavy (non-hydrogen) atoms. The quantitative estimate of drug-likeness (QED) is 0.188. The standard InChI is InChI=1S/C41H52N4O/c1-24-29(38(2,3)4)18-27(19-30(24)39(5,6)7)35-22-33(42-44-35)25-15-14-16-26(17-25)34-23-36(45-43-34)28-20-31(40(8,9)10)37(46)32(21-28)41(11,12)13/h14-23,46H,1-13H3,(H,42,44)(H,43,45). The summed E-state index contributed by atoms with van der Waals surface area (Å²) in [4.78, 5) is 0. The number of aromatic amines is 2. The first-order chi connectivity index (χ1) is 21.1. The van der Waals surface area contributed by atoms with Crippen molar-refractivity contribution in [2.75, 3.05) is 0 Å². The van der Waals surface area contributed by atoms with E-state index in [9.17, 15) is 5.11 Å². The molecule has 2 aromatic heterocycles. The summed E-state index contributed by atoms with van der Waals surface area (Å²) in [5.41, 5.74) is 13.5. The topological polar surface area (TPSA) is 77.6 Å². The van der Waals surface area contributed by atoms with Crippen molar-refractivity contribution in [1.29, 1.82) is 0 Å². The number of aromatic nitrogens is 4. The van der Waals surface area contributed by atoms with Gasteiger partial charge in [0.15, 0.2) is 0 Å². The number of nitrogens with zero attached hydrogens (tertiary/aromatic N) is 2. The molecule has 0 aliphatic rings. The Morgan fingerprint density at radius 2 is 0.826 bits per heavy atom. The molecule has 3 aromatic carbocycles. The zero-order valence-electron chi connectivity index (χ0n) is 30.1. The van der Waals surface area contributed by atoms with Gasteiger partial charge in [-0.25, -0.2) is 0 Å². The molecule has 3 N–H and O–H groups in total. The summed E-state index contributed by atoms with van der Waals surface area (Å²) in [7, 11) is 0. The van der Waals surface area contributed by atoms with Crippen LogP contribution in [-0.2, 0) is 21.7 Å². The Morgan fingerprint density at radius 3 is 1.17 bits per heavy atom. The number of benzene rings is 3. The lowest BCUT2D eigenvalue weighted by Gasteiger charge is -2.29. The van der Waals surface area contributed by atoms with E-state index in [1.807, 2.05) is 0 Å². The Morgan fingerprint density at radius 1 is 0.478 bits per heavy atom. The first-order valence-electron chi connectivity index (χ1n) is 16.4. The fourth-order valence-corrected chi connectivity index (χ4v) is 6.44. The molecular weight excluding hydrogens is 564 g/mol. The van der Waals surface area contributed by atoms with E-state index < -0.39 is 0 Å². The molecule has 0 saturated carbocycles. The van der Waals surface area contributed by atoms with Gasteiger partial charge in [0.25, 0.3) is 0 Å². The van der Waals surface area contributed by atoms with Crippen molar-refractivity contribution in [3.63, 3.8) is 0 Å². The molecule has 0 bridgehead atoms. The summed E-state index contributed by atoms with van der Waals surface area (Å²) in [5, 5.41) is 27.3. The Kier molecular flexibility index (Phi) is 8.16. The van der Waals surface area contributed by atoms with E-state index in [1.54, 1.807) is 0 Å². The molecule has 0 saturated heterocycles. The zero-order chi connectivity index (χ0) is 34.0. The van der Waals surface area contributed by atoms with Gasteiger partial charge in [0, 0.05) is 33.4 Å². The molecule has 0 aliphatic heterocycles. The molecule has 0 aliphatic carbocycles. The summed E-state index contributed by atoms with van der Waals surface area (Å²) < 4.78 is 0. The number of rotatable bonds is 4. The van der Waals surface area contributed by atoms with Gasteiger partial charge in [-0.3, -0.25) is 10.2 Å². The fraction of sp³-hybridized carbons (Fsp3) is 0.415. The van der Waals surface area contributed by atoms with Crippen LogP contribution in [0, 0.1) is 6.92 Å². The average molecular weight is 617 g/mol. The van der Waals surface area contributed by atoms with Gasteiger partial charge in [0.2, 0.25) is 0 Å². The van der Waals surface area contributed by atoms with Crippen LogP contribution in [0.3, 0.4) is 0 Å². The largest absolute Gasteiger partial charge is 0.507 e. The molecule has 5 nitrogen and oxygen atoms in total. The van der Waals surface area contributed by atoms with Crippen LogP contribution in [0.1, 0.15) is 111 Å². The number of hydrogen-bond donors (Lipinski definition) is 3. The lowest BCUT2D eigenvalue weighted by atomic mass is 9.75. The molecule has 5 rings (SSSR count). The summed E-state index contributed by atoms with van der Waals surface area (Å²) in [5.74, 6) is 0.376. The van der Waals surface area contributed by atoms with Gasteiger partial charge in [-0.1, -0.05) is 101 Å². The van der Waals surface area contributed by atoms with Crippen LogP contribution in [-0.4, -0.2) is 25.5 Å². The van der Waals surface area contributed by atoms with Crippen LogP contribution < -0.4 is 0 Å². The lowest BCUT2D eigenvalue weighted by molar-refractivity contribution is 0.423. The molecule has 0 amide bonds. The summed E-state index contributed by atoms with van der Waals surface area (Å²) in [6, 6.07) is 21.5. The smallest absolute Gasteiger partial charge is 0.123 e. The van der Waals surface area contributed by atoms with Crippen molar-refractivity contribution in [1.82, 2.24) is 20.4 Å². The Balaban J connectivity index is 1.51. The Labute approximate surface area is 275 Å². The van der Waals surface area contributed by atoms with Crippen LogP contribution in [0.25, 0.3) is 45.0 Å². The van der Waals surface area contributed by atoms with Crippen molar-refractivity contribution < 1.29 is 5.11 Å². The number of aromatic hydroxyl groups is 1. The first kappa shape index (κ1) is 33.2. The van der Waals surface area contributed by atoms with E-state index in [0.717, 1.165) is 56.2 Å². The van der Waals surface area contributed by atoms with Gasteiger partial charge in [-0.05, 0) is 87.7 Å². The minimum absolute atomic E-state index is 0.0270. The van der Waals surface area contributed by atoms with Gasteiger partial charge >= 0.3 is 0 Å². The van der Waals surface area contributed by atoms with Crippen LogP contribution in [0.2, 0.25) is 0 Å². The predicted octanol–water partition coefficient (Wildman–Crippen LogP) is 11.0. The summed E-state index contributed by atoms with van der Waals surface area (Å²) in [6.45, 7) is 28.7. The van der Waals surface area contributed by atoms with Gasteiger partial charge in [-0.15, -0.1) is 0 Å². The second-order valence-corrected chi connectivity index (χ2v) is 17.0. The molecule has 0 unspecified atom stereocenters. The van der Waals surface area contributed by atoms with Gasteiger partial charge in [0.05, 0.1) is 22.8 Å². The summed E-state index contributed by atoms with van der Waals surface area (Å²) in [6.07, 6.45) is 0. The first-order valence-corrected chi connectivity index (χ1v) is 16.4. The summed E-state index contributed by atoms with van der Waals surface area (Å²) >= 11 is 0. The second-order valence-electron chi connectivity index (χ2n) is 17.0. The molecule has 5 heteroatoms. The molecule has 0 fully saturated rings. The van der Waals surface area contributed by atoms with Crippen LogP contribution in [0.4, 0.5) is 0 Å². The van der Waals surface area contributed by atoms with E-state index in [0.29, 0.717) is 5.75 Å². The van der Waals surface area contributed by atoms with Crippen LogP contribution >= 0.6 is 0 Å². The van der Waals surface area contributed by atoms with Gasteiger partial charge in [-0.2, -0.15) is 10.2 Å². The Bertz CT molecular complexity index is 1690.